The highest BCUT2D eigenvalue weighted by molar-refractivity contribution is 5.85. The number of likely N-dealkylation sites (tertiary alicyclic amines) is 1. The van der Waals surface area contributed by atoms with Gasteiger partial charge in [-0.25, -0.2) is 4.99 Å². The highest BCUT2D eigenvalue weighted by atomic mass is 16.2. The number of carbonyl (C=O) groups is 1. The van der Waals surface area contributed by atoms with Gasteiger partial charge in [0.1, 0.15) is 6.54 Å². The lowest BCUT2D eigenvalue weighted by molar-refractivity contribution is -0.128. The van der Waals surface area contributed by atoms with Gasteiger partial charge in [-0.05, 0) is 45.2 Å². The van der Waals surface area contributed by atoms with Crippen LogP contribution in [0.5, 0.6) is 0 Å². The predicted octanol–water partition coefficient (Wildman–Crippen LogP) is 2.08. The summed E-state index contributed by atoms with van der Waals surface area (Å²) in [6, 6.07) is 10.5. The molecule has 6 heteroatoms. The standard InChI is InChI=1S/C20H33N5O/c1-3-21-20(23-17-19(26)25-14-8-9-15-25)22-13-10-16-24(4-2)18-11-6-5-7-12-18/h5-7,11-12H,3-4,8-10,13-17H2,1-2H3,(H2,21,22,23). The van der Waals surface area contributed by atoms with Gasteiger partial charge in [0.25, 0.3) is 0 Å². The predicted molar refractivity (Wildman–Crippen MR) is 109 cm³/mol. The third kappa shape index (κ3) is 6.58. The number of para-hydroxylation sites is 1. The Labute approximate surface area is 157 Å². The van der Waals surface area contributed by atoms with Crippen molar-refractivity contribution in [3.63, 3.8) is 0 Å². The lowest BCUT2D eigenvalue weighted by atomic mass is 10.2. The fourth-order valence-electron chi connectivity index (χ4n) is 3.14. The van der Waals surface area contributed by atoms with Gasteiger partial charge < -0.3 is 20.4 Å². The Morgan fingerprint density at radius 2 is 1.88 bits per heavy atom. The van der Waals surface area contributed by atoms with Crippen LogP contribution in [0.2, 0.25) is 0 Å². The van der Waals surface area contributed by atoms with Crippen molar-refractivity contribution in [2.45, 2.75) is 33.1 Å². The molecule has 0 unspecified atom stereocenters. The van der Waals surface area contributed by atoms with Crippen molar-refractivity contribution in [3.05, 3.63) is 30.3 Å². The molecule has 1 fully saturated rings. The maximum absolute atomic E-state index is 12.1. The minimum Gasteiger partial charge on any atom is -0.372 e. The van der Waals surface area contributed by atoms with Gasteiger partial charge in [0.15, 0.2) is 5.96 Å². The van der Waals surface area contributed by atoms with E-state index in [1.165, 1.54) is 5.69 Å². The third-order valence-electron chi connectivity index (χ3n) is 4.58. The Bertz CT molecular complexity index is 555. The van der Waals surface area contributed by atoms with Crippen molar-refractivity contribution in [1.82, 2.24) is 15.5 Å². The third-order valence-corrected chi connectivity index (χ3v) is 4.58. The van der Waals surface area contributed by atoms with Gasteiger partial charge in [-0.15, -0.1) is 0 Å². The van der Waals surface area contributed by atoms with Crippen molar-refractivity contribution in [2.24, 2.45) is 4.99 Å². The second-order valence-corrected chi connectivity index (χ2v) is 6.48. The molecule has 144 valence electrons. The van der Waals surface area contributed by atoms with Gasteiger partial charge in [-0.1, -0.05) is 18.2 Å². The van der Waals surface area contributed by atoms with Crippen LogP contribution in [-0.4, -0.2) is 62.6 Å². The van der Waals surface area contributed by atoms with E-state index in [9.17, 15) is 4.79 Å². The average molecular weight is 360 g/mol. The molecular weight excluding hydrogens is 326 g/mol. The van der Waals surface area contributed by atoms with Crippen LogP contribution in [0.1, 0.15) is 33.1 Å². The first-order valence-electron chi connectivity index (χ1n) is 9.84. The van der Waals surface area contributed by atoms with Crippen LogP contribution in [0, 0.1) is 0 Å². The second-order valence-electron chi connectivity index (χ2n) is 6.48. The van der Waals surface area contributed by atoms with Gasteiger partial charge >= 0.3 is 0 Å². The van der Waals surface area contributed by atoms with Crippen molar-refractivity contribution in [3.8, 4) is 0 Å². The van der Waals surface area contributed by atoms with E-state index in [2.05, 4.69) is 51.7 Å². The van der Waals surface area contributed by atoms with E-state index in [0.29, 0.717) is 0 Å². The van der Waals surface area contributed by atoms with Crippen LogP contribution >= 0.6 is 0 Å². The van der Waals surface area contributed by atoms with Crippen LogP contribution in [-0.2, 0) is 4.79 Å². The lowest BCUT2D eigenvalue weighted by Gasteiger charge is -2.23. The second kappa shape index (κ2) is 11.4. The average Bonchev–Trinajstić information content (AvgIpc) is 3.21. The maximum Gasteiger partial charge on any atom is 0.244 e. The summed E-state index contributed by atoms with van der Waals surface area (Å²) in [4.78, 5) is 20.8. The normalized spacial score (nSPS) is 14.4. The van der Waals surface area contributed by atoms with E-state index in [1.807, 2.05) is 17.9 Å². The van der Waals surface area contributed by atoms with Crippen molar-refractivity contribution in [1.29, 1.82) is 0 Å². The smallest absolute Gasteiger partial charge is 0.244 e. The molecule has 6 nitrogen and oxygen atoms in total. The van der Waals surface area contributed by atoms with Gasteiger partial charge in [-0.3, -0.25) is 4.79 Å². The summed E-state index contributed by atoms with van der Waals surface area (Å²) < 4.78 is 0. The number of anilines is 1. The van der Waals surface area contributed by atoms with Gasteiger partial charge in [0, 0.05) is 45.0 Å². The number of benzene rings is 1. The Hall–Kier alpha value is -2.24. The molecule has 1 heterocycles. The molecular formula is C20H33N5O. The Kier molecular flexibility index (Phi) is 8.79. The molecule has 1 aliphatic heterocycles. The molecule has 0 saturated carbocycles. The van der Waals surface area contributed by atoms with Crippen molar-refractivity contribution in [2.75, 3.05) is 50.7 Å². The zero-order chi connectivity index (χ0) is 18.6. The summed E-state index contributed by atoms with van der Waals surface area (Å²) in [6.45, 7) is 9.78. The summed E-state index contributed by atoms with van der Waals surface area (Å²) in [5.41, 5.74) is 1.26. The largest absolute Gasteiger partial charge is 0.372 e. The molecule has 1 amide bonds. The number of hydrogen-bond acceptors (Lipinski definition) is 3. The number of aliphatic imine (C=N–C) groups is 1. The van der Waals surface area contributed by atoms with Crippen molar-refractivity contribution >= 4 is 17.6 Å². The number of nitrogens with one attached hydrogen (secondary N) is 2. The summed E-state index contributed by atoms with van der Waals surface area (Å²) in [5, 5.41) is 6.56. The number of guanidine groups is 1. The quantitative estimate of drug-likeness (QED) is 0.403. The first kappa shape index (κ1) is 20.1. The van der Waals surface area contributed by atoms with Crippen molar-refractivity contribution < 1.29 is 4.79 Å². The van der Waals surface area contributed by atoms with Gasteiger partial charge in [-0.2, -0.15) is 0 Å². The molecule has 0 radical (unpaired) electrons. The van der Waals surface area contributed by atoms with E-state index < -0.39 is 0 Å². The van der Waals surface area contributed by atoms with Crippen LogP contribution in [0.4, 0.5) is 5.69 Å². The summed E-state index contributed by atoms with van der Waals surface area (Å²) in [6.07, 6.45) is 3.24. The number of amides is 1. The maximum atomic E-state index is 12.1. The SMILES string of the molecule is CCNC(=NCC(=O)N1CCCC1)NCCCN(CC)c1ccccc1. The van der Waals surface area contributed by atoms with Gasteiger partial charge in [0.05, 0.1) is 0 Å². The molecule has 1 aromatic carbocycles. The van der Waals surface area contributed by atoms with Crippen LogP contribution in [0.15, 0.2) is 35.3 Å². The van der Waals surface area contributed by atoms with E-state index in [1.54, 1.807) is 0 Å². The molecule has 1 aromatic rings. The Balaban J connectivity index is 1.74. The molecule has 1 aliphatic rings. The Morgan fingerprint density at radius 3 is 2.54 bits per heavy atom. The van der Waals surface area contributed by atoms with Crippen LogP contribution < -0.4 is 15.5 Å². The van der Waals surface area contributed by atoms with E-state index in [4.69, 9.17) is 0 Å². The molecule has 26 heavy (non-hydrogen) atoms. The number of hydrogen-bond donors (Lipinski definition) is 2. The molecule has 0 aliphatic carbocycles. The summed E-state index contributed by atoms with van der Waals surface area (Å²) in [7, 11) is 0. The minimum absolute atomic E-state index is 0.126. The number of rotatable bonds is 9. The highest BCUT2D eigenvalue weighted by Gasteiger charge is 2.17. The molecule has 1 saturated heterocycles. The zero-order valence-electron chi connectivity index (χ0n) is 16.2. The molecule has 0 spiro atoms. The monoisotopic (exact) mass is 359 g/mol. The number of nitrogens with zero attached hydrogens (tertiary/aromatic N) is 3. The lowest BCUT2D eigenvalue weighted by Crippen LogP contribution is -2.40. The van der Waals surface area contributed by atoms with E-state index >= 15 is 0 Å². The zero-order valence-corrected chi connectivity index (χ0v) is 16.2. The molecule has 2 N–H and O–H groups in total. The van der Waals surface area contributed by atoms with Gasteiger partial charge in [0.2, 0.25) is 5.91 Å². The summed E-state index contributed by atoms with van der Waals surface area (Å²) >= 11 is 0. The fraction of sp³-hybridized carbons (Fsp3) is 0.600. The molecule has 2 rings (SSSR count). The van der Waals surface area contributed by atoms with Crippen LogP contribution in [0.25, 0.3) is 0 Å². The number of carbonyl (C=O) groups excluding carboxylic acids is 1. The molecule has 0 atom stereocenters. The Morgan fingerprint density at radius 1 is 1.15 bits per heavy atom. The molecule has 0 aromatic heterocycles. The topological polar surface area (TPSA) is 60.0 Å². The first-order valence-corrected chi connectivity index (χ1v) is 9.84. The highest BCUT2D eigenvalue weighted by Crippen LogP contribution is 2.12. The minimum atomic E-state index is 0.126. The van der Waals surface area contributed by atoms with E-state index in [0.717, 1.165) is 64.5 Å². The fourth-order valence-corrected chi connectivity index (χ4v) is 3.14. The van der Waals surface area contributed by atoms with E-state index in [-0.39, 0.29) is 12.5 Å². The summed E-state index contributed by atoms with van der Waals surface area (Å²) in [5.74, 6) is 0.851. The molecule has 0 bridgehead atoms. The first-order chi connectivity index (χ1) is 12.7. The van der Waals surface area contributed by atoms with Crippen LogP contribution in [0.3, 0.4) is 0 Å².